The fourth-order valence-electron chi connectivity index (χ4n) is 2.06. The highest BCUT2D eigenvalue weighted by molar-refractivity contribution is 5.64. The van der Waals surface area contributed by atoms with Gasteiger partial charge < -0.3 is 14.4 Å². The molecule has 0 spiro atoms. The average molecular weight is 320 g/mol. The third-order valence-corrected chi connectivity index (χ3v) is 3.54. The first kappa shape index (κ1) is 19.5. The van der Waals surface area contributed by atoms with Crippen molar-refractivity contribution in [2.75, 3.05) is 33.9 Å². The molecule has 23 heavy (non-hydrogen) atoms. The topological polar surface area (TPSA) is 34.1 Å². The number of ether oxygens (including phenoxy) is 2. The van der Waals surface area contributed by atoms with Gasteiger partial charge in [-0.25, -0.2) is 4.99 Å². The summed E-state index contributed by atoms with van der Waals surface area (Å²) in [5, 5.41) is 0. The monoisotopic (exact) mass is 320 g/mol. The van der Waals surface area contributed by atoms with E-state index in [9.17, 15) is 0 Å². The van der Waals surface area contributed by atoms with Gasteiger partial charge in [-0.2, -0.15) is 0 Å². The molecule has 4 nitrogen and oxygen atoms in total. The van der Waals surface area contributed by atoms with Crippen molar-refractivity contribution in [2.45, 2.75) is 41.0 Å². The van der Waals surface area contributed by atoms with E-state index in [2.05, 4.69) is 45.7 Å². The molecule has 0 aliphatic carbocycles. The van der Waals surface area contributed by atoms with Crippen LogP contribution in [0.25, 0.3) is 0 Å². The van der Waals surface area contributed by atoms with Crippen molar-refractivity contribution in [3.8, 4) is 5.75 Å². The van der Waals surface area contributed by atoms with Crippen LogP contribution in [0, 0.1) is 12.3 Å². The summed E-state index contributed by atoms with van der Waals surface area (Å²) >= 11 is 0. The number of methoxy groups -OCH3 is 1. The van der Waals surface area contributed by atoms with Gasteiger partial charge in [-0.15, -0.1) is 0 Å². The Morgan fingerprint density at radius 2 is 1.96 bits per heavy atom. The second-order valence-electron chi connectivity index (χ2n) is 7.13. The van der Waals surface area contributed by atoms with Crippen molar-refractivity contribution >= 4 is 12.0 Å². The van der Waals surface area contributed by atoms with Gasteiger partial charge in [0.05, 0.1) is 32.3 Å². The first-order chi connectivity index (χ1) is 10.8. The fourth-order valence-corrected chi connectivity index (χ4v) is 2.06. The zero-order chi connectivity index (χ0) is 17.5. The molecular weight excluding hydrogens is 288 g/mol. The molecule has 0 bridgehead atoms. The molecule has 0 fully saturated rings. The predicted molar refractivity (Wildman–Crippen MR) is 98.2 cm³/mol. The average Bonchev–Trinajstić information content (AvgIpc) is 2.49. The minimum Gasteiger partial charge on any atom is -0.496 e. The van der Waals surface area contributed by atoms with Crippen LogP contribution >= 0.6 is 0 Å². The second-order valence-corrected chi connectivity index (χ2v) is 7.13. The van der Waals surface area contributed by atoms with Crippen LogP contribution < -0.4 is 4.74 Å². The SMILES string of the molecule is CCN(C)C=Nc1cc(OC)c(CCOCC(C)(C)C)cc1C. The molecule has 4 heteroatoms. The Balaban J connectivity index is 2.78. The molecule has 0 aromatic heterocycles. The minimum atomic E-state index is 0.198. The van der Waals surface area contributed by atoms with Crippen LogP contribution in [0.4, 0.5) is 5.69 Å². The third-order valence-electron chi connectivity index (χ3n) is 3.54. The molecule has 1 rings (SSSR count). The van der Waals surface area contributed by atoms with Gasteiger partial charge in [-0.05, 0) is 36.8 Å². The first-order valence-electron chi connectivity index (χ1n) is 8.26. The zero-order valence-corrected chi connectivity index (χ0v) is 15.8. The van der Waals surface area contributed by atoms with Crippen LogP contribution in [-0.2, 0) is 11.2 Å². The third kappa shape index (κ3) is 7.04. The number of aryl methyl sites for hydroxylation is 1. The number of aliphatic imine (C=N–C) groups is 1. The van der Waals surface area contributed by atoms with Crippen LogP contribution in [-0.4, -0.2) is 45.2 Å². The van der Waals surface area contributed by atoms with Gasteiger partial charge in [-0.1, -0.05) is 26.8 Å². The number of rotatable bonds is 8. The van der Waals surface area contributed by atoms with Crippen LogP contribution in [0.3, 0.4) is 0 Å². The Morgan fingerprint density at radius 1 is 1.26 bits per heavy atom. The van der Waals surface area contributed by atoms with Gasteiger partial charge >= 0.3 is 0 Å². The Kier molecular flexibility index (Phi) is 7.56. The van der Waals surface area contributed by atoms with Gasteiger partial charge in [0.2, 0.25) is 0 Å². The number of benzene rings is 1. The first-order valence-corrected chi connectivity index (χ1v) is 8.26. The van der Waals surface area contributed by atoms with Gasteiger partial charge in [0.25, 0.3) is 0 Å². The highest BCUT2D eigenvalue weighted by Gasteiger charge is 2.11. The molecule has 0 saturated heterocycles. The van der Waals surface area contributed by atoms with E-state index >= 15 is 0 Å². The summed E-state index contributed by atoms with van der Waals surface area (Å²) in [5.41, 5.74) is 3.46. The standard InChI is InChI=1S/C19H32N2O2/c1-8-21(6)14-20-17-12-18(22-7)16(11-15(17)2)9-10-23-13-19(3,4)5/h11-12,14H,8-10,13H2,1-7H3. The molecule has 1 aromatic carbocycles. The smallest absolute Gasteiger partial charge is 0.124 e. The lowest BCUT2D eigenvalue weighted by atomic mass is 9.99. The van der Waals surface area contributed by atoms with E-state index in [0.29, 0.717) is 6.61 Å². The molecule has 0 saturated carbocycles. The van der Waals surface area contributed by atoms with E-state index in [-0.39, 0.29) is 5.41 Å². The molecule has 0 unspecified atom stereocenters. The zero-order valence-electron chi connectivity index (χ0n) is 15.8. The molecule has 0 aliphatic rings. The van der Waals surface area contributed by atoms with E-state index < -0.39 is 0 Å². The molecule has 130 valence electrons. The van der Waals surface area contributed by atoms with Crippen LogP contribution in [0.15, 0.2) is 17.1 Å². The highest BCUT2D eigenvalue weighted by atomic mass is 16.5. The minimum absolute atomic E-state index is 0.198. The number of hydrogen-bond acceptors (Lipinski definition) is 3. The second kappa shape index (κ2) is 8.92. The summed E-state index contributed by atoms with van der Waals surface area (Å²) in [6.07, 6.45) is 2.70. The van der Waals surface area contributed by atoms with Crippen molar-refractivity contribution in [3.63, 3.8) is 0 Å². The Bertz CT molecular complexity index is 519. The van der Waals surface area contributed by atoms with Crippen molar-refractivity contribution in [3.05, 3.63) is 23.3 Å². The number of nitrogens with zero attached hydrogens (tertiary/aromatic N) is 2. The summed E-state index contributed by atoms with van der Waals surface area (Å²) in [6, 6.07) is 4.16. The molecule has 0 aliphatic heterocycles. The molecule has 0 radical (unpaired) electrons. The van der Waals surface area contributed by atoms with E-state index in [1.807, 2.05) is 24.4 Å². The lowest BCUT2D eigenvalue weighted by Crippen LogP contribution is -2.16. The van der Waals surface area contributed by atoms with Gasteiger partial charge in [0.1, 0.15) is 5.75 Å². The predicted octanol–water partition coefficient (Wildman–Crippen LogP) is 4.22. The van der Waals surface area contributed by atoms with E-state index in [1.54, 1.807) is 7.11 Å². The molecule has 1 aromatic rings. The summed E-state index contributed by atoms with van der Waals surface area (Å²) in [7, 11) is 3.72. The van der Waals surface area contributed by atoms with Crippen LogP contribution in [0.2, 0.25) is 0 Å². The molecule has 0 N–H and O–H groups in total. The van der Waals surface area contributed by atoms with E-state index in [4.69, 9.17) is 9.47 Å². The Labute approximate surface area is 141 Å². The van der Waals surface area contributed by atoms with Gasteiger partial charge in [-0.3, -0.25) is 0 Å². The fraction of sp³-hybridized carbons (Fsp3) is 0.632. The molecule has 0 heterocycles. The van der Waals surface area contributed by atoms with Crippen molar-refractivity contribution in [2.24, 2.45) is 10.4 Å². The summed E-state index contributed by atoms with van der Waals surface area (Å²) in [4.78, 5) is 6.59. The summed E-state index contributed by atoms with van der Waals surface area (Å²) in [5.74, 6) is 0.876. The molecular formula is C19H32N2O2. The lowest BCUT2D eigenvalue weighted by Gasteiger charge is -2.18. The van der Waals surface area contributed by atoms with E-state index in [1.165, 1.54) is 5.56 Å². The van der Waals surface area contributed by atoms with Gasteiger partial charge in [0.15, 0.2) is 0 Å². The van der Waals surface area contributed by atoms with Gasteiger partial charge in [0, 0.05) is 19.7 Å². The quantitative estimate of drug-likeness (QED) is 0.408. The maximum atomic E-state index is 5.77. The van der Waals surface area contributed by atoms with Crippen molar-refractivity contribution in [1.29, 1.82) is 0 Å². The lowest BCUT2D eigenvalue weighted by molar-refractivity contribution is 0.0731. The molecule has 0 amide bonds. The van der Waals surface area contributed by atoms with Crippen molar-refractivity contribution in [1.82, 2.24) is 4.90 Å². The van der Waals surface area contributed by atoms with E-state index in [0.717, 1.165) is 36.6 Å². The maximum absolute atomic E-state index is 5.77. The van der Waals surface area contributed by atoms with Crippen LogP contribution in [0.1, 0.15) is 38.8 Å². The summed E-state index contributed by atoms with van der Waals surface area (Å²) in [6.45, 7) is 13.1. The largest absolute Gasteiger partial charge is 0.496 e. The Hall–Kier alpha value is -1.55. The number of hydrogen-bond donors (Lipinski definition) is 0. The van der Waals surface area contributed by atoms with Crippen molar-refractivity contribution < 1.29 is 9.47 Å². The molecule has 0 atom stereocenters. The maximum Gasteiger partial charge on any atom is 0.124 e. The highest BCUT2D eigenvalue weighted by Crippen LogP contribution is 2.29. The Morgan fingerprint density at radius 3 is 2.52 bits per heavy atom. The van der Waals surface area contributed by atoms with Crippen LogP contribution in [0.5, 0.6) is 5.75 Å². The summed E-state index contributed by atoms with van der Waals surface area (Å²) < 4.78 is 11.3. The normalized spacial score (nSPS) is 12.0.